The Bertz CT molecular complexity index is 3250. The topological polar surface area (TPSA) is 231 Å². The van der Waals surface area contributed by atoms with Gasteiger partial charge >= 0.3 is 33.6 Å². The molecule has 0 aliphatic heterocycles. The van der Waals surface area contributed by atoms with Crippen molar-refractivity contribution in [1.29, 1.82) is 0 Å². The van der Waals surface area contributed by atoms with Gasteiger partial charge in [0.2, 0.25) is 0 Å². The maximum atomic E-state index is 13.2. The van der Waals surface area contributed by atoms with Crippen molar-refractivity contribution in [3.63, 3.8) is 0 Å². The zero-order valence-electron chi connectivity index (χ0n) is 84.4. The molecule has 0 aromatic rings. The van der Waals surface area contributed by atoms with Crippen LogP contribution in [-0.4, -0.2) is 95.9 Å². The number of phosphoric acid groups is 2. The Balaban J connectivity index is 4.64. The quantitative estimate of drug-likeness (QED) is 0.0146. The standard InChI is InChI=1S/C115H194O16P2/c1-4-7-10-13-16-19-22-25-28-31-34-37-40-43-46-49-52-54-57-59-62-65-68-71-74-77-80-83-86-89-92-95-98-101-113(118)125-104-110(116)105-127-132(121,122)128-106-111(117)107-129-133(123,124)130-109-112(131-115(120)103-100-97-94-91-88-85-82-79-76-73-70-67-64-61-56-51-48-45-42-39-36-33-30-27-24-21-18-15-12-9-6-3)108-126-114(119)102-99-96-93-90-87-84-81-78-75-72-69-66-63-60-58-55-53-50-47-44-41-38-35-32-29-26-23-20-17-14-11-8-5-2/h7-12,16-21,25-30,34-39,43-48,52,54,56,61,110-112,116-117H,4-6,13-15,22-24,31-33,40-42,49-51,53,55,57-60,62-109H2,1-3H3,(H,121,122)(H,123,124)/b10-7-,11-8-,12-9-,19-16-,20-17-,21-18-,28-25-,29-26-,30-27-,37-34-,38-35-,39-36-,46-43-,47-44-,48-45-,54-52-,61-56-. The third kappa shape index (κ3) is 106. The SMILES string of the molecule is CC/C=C\C/C=C\C/C=C\C/C=C\C/C=C\C/C=C\CCCCCCCCCCCCCCCCC(=O)OCC(O)COP(=O)(O)OCC(O)COP(=O)(O)OCC(COC(=O)CCCCCCCCCCCCCCCCCCC/C=C\C/C=C\C/C=C\C/C=C\C/C=C\CC)OC(=O)CCCCCCCCCCCCCC/C=C\C/C=C\C/C=C\C/C=C\C/C=C\C/C=C\CC. The molecule has 0 spiro atoms. The first-order valence-electron chi connectivity index (χ1n) is 53.4. The van der Waals surface area contributed by atoms with Gasteiger partial charge in [0, 0.05) is 19.3 Å². The number of esters is 3. The van der Waals surface area contributed by atoms with Gasteiger partial charge in [-0.3, -0.25) is 32.5 Å². The zero-order valence-corrected chi connectivity index (χ0v) is 86.1. The average Bonchev–Trinajstić information content (AvgIpc) is 0.896. The van der Waals surface area contributed by atoms with Crippen molar-refractivity contribution in [2.75, 3.05) is 39.6 Å². The lowest BCUT2D eigenvalue weighted by Crippen LogP contribution is -2.30. The first-order chi connectivity index (χ1) is 65.2. The molecule has 0 rings (SSSR count). The van der Waals surface area contributed by atoms with E-state index in [0.29, 0.717) is 19.3 Å². The fourth-order valence-corrected chi connectivity index (χ4v) is 16.1. The molecule has 0 aliphatic rings. The second kappa shape index (κ2) is 105. The van der Waals surface area contributed by atoms with Crippen molar-refractivity contribution in [3.8, 4) is 0 Å². The van der Waals surface area contributed by atoms with E-state index in [9.17, 15) is 43.5 Å². The molecule has 0 fully saturated rings. The van der Waals surface area contributed by atoms with Gasteiger partial charge in [0.15, 0.2) is 6.10 Å². The van der Waals surface area contributed by atoms with E-state index in [-0.39, 0.29) is 19.3 Å². The Morgan fingerprint density at radius 1 is 0.211 bits per heavy atom. The predicted molar refractivity (Wildman–Crippen MR) is 564 cm³/mol. The van der Waals surface area contributed by atoms with Crippen molar-refractivity contribution >= 4 is 33.6 Å². The summed E-state index contributed by atoms with van der Waals surface area (Å²) in [6.45, 7) is 2.41. The van der Waals surface area contributed by atoms with Crippen molar-refractivity contribution in [1.82, 2.24) is 0 Å². The van der Waals surface area contributed by atoms with E-state index in [1.54, 1.807) is 0 Å². The van der Waals surface area contributed by atoms with E-state index >= 15 is 0 Å². The molecule has 18 heteroatoms. The highest BCUT2D eigenvalue weighted by molar-refractivity contribution is 7.47. The smallest absolute Gasteiger partial charge is 0.463 e. The van der Waals surface area contributed by atoms with E-state index < -0.39 is 91.5 Å². The van der Waals surface area contributed by atoms with E-state index in [1.807, 2.05) is 0 Å². The molecule has 760 valence electrons. The van der Waals surface area contributed by atoms with Gasteiger partial charge in [0.05, 0.1) is 26.4 Å². The highest BCUT2D eigenvalue weighted by atomic mass is 31.2. The van der Waals surface area contributed by atoms with Crippen LogP contribution in [-0.2, 0) is 55.8 Å². The summed E-state index contributed by atoms with van der Waals surface area (Å²) in [6, 6.07) is 0. The van der Waals surface area contributed by atoms with Gasteiger partial charge in [-0.05, 0) is 167 Å². The van der Waals surface area contributed by atoms with Crippen LogP contribution >= 0.6 is 15.6 Å². The number of hydrogen-bond donors (Lipinski definition) is 4. The molecule has 0 saturated heterocycles. The molecule has 0 bridgehead atoms. The summed E-state index contributed by atoms with van der Waals surface area (Å²) in [7, 11) is -9.83. The van der Waals surface area contributed by atoms with Gasteiger partial charge in [-0.1, -0.05) is 465 Å². The normalized spacial score (nSPS) is 14.4. The first-order valence-corrected chi connectivity index (χ1v) is 56.4. The lowest BCUT2D eigenvalue weighted by atomic mass is 10.0. The van der Waals surface area contributed by atoms with Gasteiger partial charge < -0.3 is 34.2 Å². The Labute approximate surface area is 813 Å². The van der Waals surface area contributed by atoms with Gasteiger partial charge in [0.1, 0.15) is 25.4 Å². The van der Waals surface area contributed by atoms with Gasteiger partial charge in [-0.15, -0.1) is 0 Å². The summed E-state index contributed by atoms with van der Waals surface area (Å²) in [5.74, 6) is -1.56. The van der Waals surface area contributed by atoms with Crippen LogP contribution in [0.3, 0.4) is 0 Å². The van der Waals surface area contributed by atoms with E-state index in [0.717, 1.165) is 186 Å². The molecule has 5 unspecified atom stereocenters. The second-order valence-corrected chi connectivity index (χ2v) is 38.2. The summed E-state index contributed by atoms with van der Waals surface area (Å²) in [5.41, 5.74) is 0. The van der Waals surface area contributed by atoms with Crippen molar-refractivity contribution in [3.05, 3.63) is 207 Å². The minimum Gasteiger partial charge on any atom is -0.463 e. The highest BCUT2D eigenvalue weighted by Gasteiger charge is 2.30. The zero-order chi connectivity index (χ0) is 96.4. The Kier molecular flexibility index (Phi) is 100. The number of allylic oxidation sites excluding steroid dienone is 34. The number of phosphoric ester groups is 2. The van der Waals surface area contributed by atoms with Gasteiger partial charge in [-0.25, -0.2) is 9.13 Å². The summed E-state index contributed by atoms with van der Waals surface area (Å²) in [5, 5.41) is 20.8. The molecule has 0 aliphatic carbocycles. The van der Waals surface area contributed by atoms with Crippen molar-refractivity contribution in [2.24, 2.45) is 0 Å². The molecule has 5 atom stereocenters. The highest BCUT2D eigenvalue weighted by Crippen LogP contribution is 2.45. The number of carbonyl (C=O) groups excluding carboxylic acids is 3. The Morgan fingerprint density at radius 3 is 0.594 bits per heavy atom. The molecule has 0 aromatic carbocycles. The van der Waals surface area contributed by atoms with Gasteiger partial charge in [-0.2, -0.15) is 0 Å². The van der Waals surface area contributed by atoms with E-state index in [1.165, 1.54) is 199 Å². The minimum atomic E-state index is -4.95. The van der Waals surface area contributed by atoms with Crippen LogP contribution in [0.2, 0.25) is 0 Å². The summed E-state index contributed by atoms with van der Waals surface area (Å²) >= 11 is 0. The largest absolute Gasteiger partial charge is 0.472 e. The van der Waals surface area contributed by atoms with Gasteiger partial charge in [0.25, 0.3) is 0 Å². The first kappa shape index (κ1) is 127. The molecule has 0 radical (unpaired) electrons. The third-order valence-corrected chi connectivity index (χ3v) is 24.4. The maximum Gasteiger partial charge on any atom is 0.472 e. The van der Waals surface area contributed by atoms with E-state index in [2.05, 4.69) is 227 Å². The summed E-state index contributed by atoms with van der Waals surface area (Å²) in [6.07, 6.45) is 143. The third-order valence-electron chi connectivity index (χ3n) is 22.5. The van der Waals surface area contributed by atoms with Crippen molar-refractivity contribution < 1.29 is 75.8 Å². The van der Waals surface area contributed by atoms with Crippen LogP contribution in [0.1, 0.15) is 445 Å². The average molecular weight is 1890 g/mol. The molecule has 0 aromatic heterocycles. The molecule has 16 nitrogen and oxygen atoms in total. The molecule has 4 N–H and O–H groups in total. The molecular formula is C115H194O16P2. The fourth-order valence-electron chi connectivity index (χ4n) is 14.6. The lowest BCUT2D eigenvalue weighted by Gasteiger charge is -2.21. The fraction of sp³-hybridized carbons (Fsp3) is 0.678. The number of ether oxygens (including phenoxy) is 3. The van der Waals surface area contributed by atoms with Crippen LogP contribution < -0.4 is 0 Å². The van der Waals surface area contributed by atoms with Crippen LogP contribution in [0.15, 0.2) is 207 Å². The minimum absolute atomic E-state index is 0.0976. The number of hydrogen-bond acceptors (Lipinski definition) is 14. The molecular weight excluding hydrogens is 1700 g/mol. The number of unbranched alkanes of at least 4 members (excludes halogenated alkanes) is 43. The van der Waals surface area contributed by atoms with Crippen LogP contribution in [0, 0.1) is 0 Å². The molecule has 0 saturated carbocycles. The van der Waals surface area contributed by atoms with Crippen LogP contribution in [0.5, 0.6) is 0 Å². The lowest BCUT2D eigenvalue weighted by molar-refractivity contribution is -0.161. The summed E-state index contributed by atoms with van der Waals surface area (Å²) < 4.78 is 61.8. The number of aliphatic hydroxyl groups excluding tert-OH is 2. The number of rotatable bonds is 100. The monoisotopic (exact) mass is 1890 g/mol. The number of carbonyl (C=O) groups is 3. The van der Waals surface area contributed by atoms with Crippen LogP contribution in [0.25, 0.3) is 0 Å². The molecule has 133 heavy (non-hydrogen) atoms. The summed E-state index contributed by atoms with van der Waals surface area (Å²) in [4.78, 5) is 59.3. The molecule has 0 heterocycles. The van der Waals surface area contributed by atoms with Crippen molar-refractivity contribution in [2.45, 2.75) is 463 Å². The number of aliphatic hydroxyl groups is 2. The second-order valence-electron chi connectivity index (χ2n) is 35.3. The predicted octanol–water partition coefficient (Wildman–Crippen LogP) is 34.2. The van der Waals surface area contributed by atoms with E-state index in [4.69, 9.17) is 32.3 Å². The Hall–Kier alpha value is -5.87. The maximum absolute atomic E-state index is 13.2. The molecule has 0 amide bonds. The Morgan fingerprint density at radius 2 is 0.376 bits per heavy atom. The van der Waals surface area contributed by atoms with Crippen LogP contribution in [0.4, 0.5) is 0 Å².